The molecule has 0 aromatic heterocycles. The molecule has 1 atom stereocenters. The first-order valence-corrected chi connectivity index (χ1v) is 6.97. The standard InChI is InChI=1S/C15H22N2O2/c1-2-19-13-7-5-6-12(10-13)14(16)11-15(18)17-8-3-4-9-17/h5-7,10,14H,2-4,8-9,11,16H2,1H3. The van der Waals surface area contributed by atoms with E-state index in [1.807, 2.05) is 36.1 Å². The zero-order valence-corrected chi connectivity index (χ0v) is 11.5. The number of rotatable bonds is 5. The summed E-state index contributed by atoms with van der Waals surface area (Å²) in [5.41, 5.74) is 7.08. The number of nitrogens with two attached hydrogens (primary N) is 1. The molecule has 19 heavy (non-hydrogen) atoms. The van der Waals surface area contributed by atoms with Crippen LogP contribution in [0.15, 0.2) is 24.3 Å². The van der Waals surface area contributed by atoms with E-state index in [4.69, 9.17) is 10.5 Å². The Labute approximate surface area is 114 Å². The van der Waals surface area contributed by atoms with Crippen LogP contribution >= 0.6 is 0 Å². The molecule has 4 nitrogen and oxygen atoms in total. The molecule has 1 unspecified atom stereocenters. The van der Waals surface area contributed by atoms with Crippen molar-refractivity contribution in [1.29, 1.82) is 0 Å². The molecule has 1 heterocycles. The number of carbonyl (C=O) groups excluding carboxylic acids is 1. The van der Waals surface area contributed by atoms with E-state index in [0.29, 0.717) is 13.0 Å². The molecule has 1 aliphatic rings. The van der Waals surface area contributed by atoms with Crippen LogP contribution in [0.4, 0.5) is 0 Å². The summed E-state index contributed by atoms with van der Waals surface area (Å²) in [6.45, 7) is 4.34. The van der Waals surface area contributed by atoms with E-state index in [1.165, 1.54) is 0 Å². The summed E-state index contributed by atoms with van der Waals surface area (Å²) in [5, 5.41) is 0. The molecular formula is C15H22N2O2. The molecule has 0 aliphatic carbocycles. The van der Waals surface area contributed by atoms with Gasteiger partial charge in [0.1, 0.15) is 5.75 Å². The molecule has 4 heteroatoms. The van der Waals surface area contributed by atoms with Gasteiger partial charge in [0, 0.05) is 25.6 Å². The van der Waals surface area contributed by atoms with Gasteiger partial charge in [-0.2, -0.15) is 0 Å². The third-order valence-corrected chi connectivity index (χ3v) is 3.45. The third-order valence-electron chi connectivity index (χ3n) is 3.45. The van der Waals surface area contributed by atoms with E-state index in [2.05, 4.69) is 0 Å². The molecule has 2 N–H and O–H groups in total. The quantitative estimate of drug-likeness (QED) is 0.884. The van der Waals surface area contributed by atoms with Gasteiger partial charge < -0.3 is 15.4 Å². The predicted octanol–water partition coefficient (Wildman–Crippen LogP) is 2.10. The van der Waals surface area contributed by atoms with E-state index < -0.39 is 0 Å². The third kappa shape index (κ3) is 3.70. The summed E-state index contributed by atoms with van der Waals surface area (Å²) in [6, 6.07) is 7.44. The molecule has 1 fully saturated rings. The van der Waals surface area contributed by atoms with Gasteiger partial charge in [-0.15, -0.1) is 0 Å². The van der Waals surface area contributed by atoms with Crippen LogP contribution < -0.4 is 10.5 Å². The van der Waals surface area contributed by atoms with E-state index in [9.17, 15) is 4.79 Å². The largest absolute Gasteiger partial charge is 0.494 e. The number of hydrogen-bond donors (Lipinski definition) is 1. The highest BCUT2D eigenvalue weighted by molar-refractivity contribution is 5.77. The molecule has 104 valence electrons. The van der Waals surface area contributed by atoms with Gasteiger partial charge in [-0.1, -0.05) is 12.1 Å². The van der Waals surface area contributed by atoms with Crippen LogP contribution in [0.2, 0.25) is 0 Å². The van der Waals surface area contributed by atoms with Crippen LogP contribution in [0, 0.1) is 0 Å². The molecule has 1 aromatic carbocycles. The zero-order chi connectivity index (χ0) is 13.7. The van der Waals surface area contributed by atoms with E-state index in [-0.39, 0.29) is 11.9 Å². The minimum absolute atomic E-state index is 0.159. The Bertz CT molecular complexity index is 428. The minimum atomic E-state index is -0.256. The monoisotopic (exact) mass is 262 g/mol. The smallest absolute Gasteiger partial charge is 0.224 e. The van der Waals surface area contributed by atoms with Crippen molar-refractivity contribution in [2.24, 2.45) is 5.73 Å². The highest BCUT2D eigenvalue weighted by atomic mass is 16.5. The first-order valence-electron chi connectivity index (χ1n) is 6.97. The van der Waals surface area contributed by atoms with E-state index in [1.54, 1.807) is 0 Å². The van der Waals surface area contributed by atoms with Crippen molar-refractivity contribution in [1.82, 2.24) is 4.90 Å². The van der Waals surface area contributed by atoms with E-state index in [0.717, 1.165) is 37.2 Å². The lowest BCUT2D eigenvalue weighted by Gasteiger charge is -2.19. The average molecular weight is 262 g/mol. The molecule has 1 aromatic rings. The maximum absolute atomic E-state index is 12.1. The number of likely N-dealkylation sites (tertiary alicyclic amines) is 1. The molecule has 1 aliphatic heterocycles. The molecule has 0 saturated carbocycles. The summed E-state index contributed by atoms with van der Waals surface area (Å²) >= 11 is 0. The van der Waals surface area contributed by atoms with Crippen molar-refractivity contribution in [2.45, 2.75) is 32.2 Å². The Morgan fingerprint density at radius 1 is 1.42 bits per heavy atom. The summed E-state index contributed by atoms with van der Waals surface area (Å²) in [4.78, 5) is 14.0. The van der Waals surface area contributed by atoms with Gasteiger partial charge in [0.05, 0.1) is 6.61 Å². The van der Waals surface area contributed by atoms with Gasteiger partial charge >= 0.3 is 0 Å². The SMILES string of the molecule is CCOc1cccc(C(N)CC(=O)N2CCCC2)c1. The highest BCUT2D eigenvalue weighted by Crippen LogP contribution is 2.21. The van der Waals surface area contributed by atoms with Gasteiger partial charge in [-0.05, 0) is 37.5 Å². The van der Waals surface area contributed by atoms with Crippen molar-refractivity contribution in [2.75, 3.05) is 19.7 Å². The first kappa shape index (κ1) is 13.9. The number of carbonyl (C=O) groups is 1. The number of amides is 1. The topological polar surface area (TPSA) is 55.6 Å². The maximum atomic E-state index is 12.1. The summed E-state index contributed by atoms with van der Waals surface area (Å²) in [7, 11) is 0. The van der Waals surface area contributed by atoms with E-state index >= 15 is 0 Å². The minimum Gasteiger partial charge on any atom is -0.494 e. The first-order chi connectivity index (χ1) is 9.20. The van der Waals surface area contributed by atoms with Gasteiger partial charge in [0.2, 0.25) is 5.91 Å². The van der Waals surface area contributed by atoms with Gasteiger partial charge in [-0.3, -0.25) is 4.79 Å². The molecule has 0 spiro atoms. The maximum Gasteiger partial charge on any atom is 0.224 e. The van der Waals surface area contributed by atoms with Crippen LogP contribution in [-0.2, 0) is 4.79 Å². The van der Waals surface area contributed by atoms with Crippen LogP contribution in [0.1, 0.15) is 37.8 Å². The summed E-state index contributed by atoms with van der Waals surface area (Å²) in [5.74, 6) is 0.968. The van der Waals surface area contributed by atoms with Crippen molar-refractivity contribution in [3.05, 3.63) is 29.8 Å². The van der Waals surface area contributed by atoms with Gasteiger partial charge in [-0.25, -0.2) is 0 Å². The average Bonchev–Trinajstić information content (AvgIpc) is 2.93. The zero-order valence-electron chi connectivity index (χ0n) is 11.5. The Hall–Kier alpha value is -1.55. The van der Waals surface area contributed by atoms with Gasteiger partial charge in [0.15, 0.2) is 0 Å². The molecule has 1 amide bonds. The predicted molar refractivity (Wildman–Crippen MR) is 75.0 cm³/mol. The molecule has 0 bridgehead atoms. The lowest BCUT2D eigenvalue weighted by atomic mass is 10.0. The second-order valence-electron chi connectivity index (χ2n) is 4.90. The van der Waals surface area contributed by atoms with Crippen LogP contribution in [0.25, 0.3) is 0 Å². The normalized spacial score (nSPS) is 16.4. The fourth-order valence-corrected chi connectivity index (χ4v) is 2.40. The summed E-state index contributed by atoms with van der Waals surface area (Å²) in [6.07, 6.45) is 2.59. The van der Waals surface area contributed by atoms with Crippen molar-refractivity contribution in [3.8, 4) is 5.75 Å². The number of ether oxygens (including phenoxy) is 1. The molecule has 1 saturated heterocycles. The number of benzene rings is 1. The lowest BCUT2D eigenvalue weighted by Crippen LogP contribution is -2.30. The van der Waals surface area contributed by atoms with Crippen LogP contribution in [0.5, 0.6) is 5.75 Å². The van der Waals surface area contributed by atoms with Crippen molar-refractivity contribution < 1.29 is 9.53 Å². The second kappa shape index (κ2) is 6.57. The fourth-order valence-electron chi connectivity index (χ4n) is 2.40. The second-order valence-corrected chi connectivity index (χ2v) is 4.90. The molecule has 0 radical (unpaired) electrons. The van der Waals surface area contributed by atoms with Crippen LogP contribution in [0.3, 0.4) is 0 Å². The number of nitrogens with zero attached hydrogens (tertiary/aromatic N) is 1. The summed E-state index contributed by atoms with van der Waals surface area (Å²) < 4.78 is 5.45. The Balaban J connectivity index is 1.96. The van der Waals surface area contributed by atoms with Gasteiger partial charge in [0.25, 0.3) is 0 Å². The van der Waals surface area contributed by atoms with Crippen LogP contribution in [-0.4, -0.2) is 30.5 Å². The van der Waals surface area contributed by atoms with Crippen molar-refractivity contribution in [3.63, 3.8) is 0 Å². The Kier molecular flexibility index (Phi) is 4.80. The highest BCUT2D eigenvalue weighted by Gasteiger charge is 2.20. The fraction of sp³-hybridized carbons (Fsp3) is 0.533. The number of hydrogen-bond acceptors (Lipinski definition) is 3. The Morgan fingerprint density at radius 3 is 2.84 bits per heavy atom. The molecule has 2 rings (SSSR count). The lowest BCUT2D eigenvalue weighted by molar-refractivity contribution is -0.130. The molecular weight excluding hydrogens is 240 g/mol. The van der Waals surface area contributed by atoms with Crippen molar-refractivity contribution >= 4 is 5.91 Å². The Morgan fingerprint density at radius 2 is 2.16 bits per heavy atom.